The molecule has 3 aromatic rings. The lowest BCUT2D eigenvalue weighted by Gasteiger charge is -2.08. The van der Waals surface area contributed by atoms with Crippen LogP contribution in [-0.4, -0.2) is 26.7 Å². The van der Waals surface area contributed by atoms with Crippen LogP contribution < -0.4 is 10.6 Å². The fourth-order valence-corrected chi connectivity index (χ4v) is 2.16. The van der Waals surface area contributed by atoms with Crippen molar-refractivity contribution < 1.29 is 0 Å². The van der Waals surface area contributed by atoms with Crippen molar-refractivity contribution in [1.29, 1.82) is 0 Å². The number of rotatable bonds is 6. The van der Waals surface area contributed by atoms with Crippen LogP contribution in [0.1, 0.15) is 19.8 Å². The van der Waals surface area contributed by atoms with Gasteiger partial charge < -0.3 is 10.6 Å². The van der Waals surface area contributed by atoms with Crippen molar-refractivity contribution in [3.8, 4) is 0 Å². The average molecular weight is 294 g/mol. The SMILES string of the molecule is CCCCNc1cnnc(Nc2cccc3cccnc23)n1. The van der Waals surface area contributed by atoms with E-state index in [0.717, 1.165) is 41.8 Å². The van der Waals surface area contributed by atoms with Gasteiger partial charge in [-0.05, 0) is 18.6 Å². The van der Waals surface area contributed by atoms with E-state index in [-0.39, 0.29) is 0 Å². The number of hydrogen-bond acceptors (Lipinski definition) is 6. The Morgan fingerprint density at radius 3 is 2.95 bits per heavy atom. The summed E-state index contributed by atoms with van der Waals surface area (Å²) in [5, 5.41) is 15.5. The Bertz CT molecular complexity index is 753. The van der Waals surface area contributed by atoms with Crippen molar-refractivity contribution in [3.63, 3.8) is 0 Å². The van der Waals surface area contributed by atoms with E-state index >= 15 is 0 Å². The molecule has 0 aliphatic heterocycles. The topological polar surface area (TPSA) is 75.6 Å². The summed E-state index contributed by atoms with van der Waals surface area (Å²) in [6.45, 7) is 3.03. The molecule has 0 amide bonds. The average Bonchev–Trinajstić information content (AvgIpc) is 2.56. The molecule has 0 saturated heterocycles. The summed E-state index contributed by atoms with van der Waals surface area (Å²) in [5.74, 6) is 1.18. The summed E-state index contributed by atoms with van der Waals surface area (Å²) in [6.07, 6.45) is 5.63. The van der Waals surface area contributed by atoms with Crippen LogP contribution in [0.5, 0.6) is 0 Å². The molecule has 22 heavy (non-hydrogen) atoms. The number of nitrogens with one attached hydrogen (secondary N) is 2. The van der Waals surface area contributed by atoms with Crippen LogP contribution in [0.15, 0.2) is 42.7 Å². The second-order valence-electron chi connectivity index (χ2n) is 4.95. The molecular formula is C16H18N6. The van der Waals surface area contributed by atoms with Gasteiger partial charge in [0.15, 0.2) is 5.82 Å². The molecule has 0 aliphatic rings. The van der Waals surface area contributed by atoms with Gasteiger partial charge in [-0.25, -0.2) is 0 Å². The minimum absolute atomic E-state index is 0.458. The van der Waals surface area contributed by atoms with Crippen LogP contribution in [0, 0.1) is 0 Å². The van der Waals surface area contributed by atoms with E-state index in [4.69, 9.17) is 0 Å². The van der Waals surface area contributed by atoms with Crippen LogP contribution >= 0.6 is 0 Å². The molecule has 0 radical (unpaired) electrons. The van der Waals surface area contributed by atoms with E-state index in [0.29, 0.717) is 5.95 Å². The molecule has 0 fully saturated rings. The van der Waals surface area contributed by atoms with Crippen LogP contribution in [0.3, 0.4) is 0 Å². The Morgan fingerprint density at radius 1 is 1.14 bits per heavy atom. The molecular weight excluding hydrogens is 276 g/mol. The summed E-state index contributed by atoms with van der Waals surface area (Å²) in [4.78, 5) is 8.83. The van der Waals surface area contributed by atoms with Crippen molar-refractivity contribution in [2.45, 2.75) is 19.8 Å². The smallest absolute Gasteiger partial charge is 0.249 e. The third-order valence-corrected chi connectivity index (χ3v) is 3.27. The largest absolute Gasteiger partial charge is 0.369 e. The fraction of sp³-hybridized carbons (Fsp3) is 0.250. The molecule has 0 saturated carbocycles. The van der Waals surface area contributed by atoms with Crippen LogP contribution in [-0.2, 0) is 0 Å². The first-order chi connectivity index (χ1) is 10.9. The monoisotopic (exact) mass is 294 g/mol. The van der Waals surface area contributed by atoms with Crippen molar-refractivity contribution in [2.75, 3.05) is 17.2 Å². The van der Waals surface area contributed by atoms with Gasteiger partial charge >= 0.3 is 0 Å². The summed E-state index contributed by atoms with van der Waals surface area (Å²) in [7, 11) is 0. The van der Waals surface area contributed by atoms with Crippen molar-refractivity contribution in [3.05, 3.63) is 42.7 Å². The van der Waals surface area contributed by atoms with Gasteiger partial charge in [0.25, 0.3) is 0 Å². The molecule has 2 aromatic heterocycles. The highest BCUT2D eigenvalue weighted by Gasteiger charge is 2.05. The van der Waals surface area contributed by atoms with Gasteiger partial charge in [-0.15, -0.1) is 5.10 Å². The van der Waals surface area contributed by atoms with Gasteiger partial charge in [0, 0.05) is 18.1 Å². The molecule has 1 aromatic carbocycles. The van der Waals surface area contributed by atoms with Gasteiger partial charge in [-0.1, -0.05) is 31.5 Å². The highest BCUT2D eigenvalue weighted by Crippen LogP contribution is 2.23. The highest BCUT2D eigenvalue weighted by atomic mass is 15.3. The molecule has 0 unspecified atom stereocenters. The summed E-state index contributed by atoms with van der Waals surface area (Å²) >= 11 is 0. The van der Waals surface area contributed by atoms with E-state index in [1.165, 1.54) is 0 Å². The second kappa shape index (κ2) is 6.80. The van der Waals surface area contributed by atoms with Crippen LogP contribution in [0.25, 0.3) is 10.9 Å². The van der Waals surface area contributed by atoms with E-state index in [1.54, 1.807) is 12.4 Å². The number of aromatic nitrogens is 4. The van der Waals surface area contributed by atoms with Crippen molar-refractivity contribution in [1.82, 2.24) is 20.2 Å². The summed E-state index contributed by atoms with van der Waals surface area (Å²) < 4.78 is 0. The van der Waals surface area contributed by atoms with Gasteiger partial charge in [0.2, 0.25) is 5.95 Å². The highest BCUT2D eigenvalue weighted by molar-refractivity contribution is 5.91. The van der Waals surface area contributed by atoms with Crippen molar-refractivity contribution in [2.24, 2.45) is 0 Å². The van der Waals surface area contributed by atoms with E-state index in [2.05, 4.69) is 37.7 Å². The Morgan fingerprint density at radius 2 is 2.05 bits per heavy atom. The Kier molecular flexibility index (Phi) is 4.38. The number of para-hydroxylation sites is 1. The fourth-order valence-electron chi connectivity index (χ4n) is 2.16. The first kappa shape index (κ1) is 14.2. The van der Waals surface area contributed by atoms with Crippen LogP contribution in [0.4, 0.5) is 17.5 Å². The Hall–Kier alpha value is -2.76. The molecule has 112 valence electrons. The molecule has 0 aliphatic carbocycles. The number of pyridine rings is 1. The lowest BCUT2D eigenvalue weighted by atomic mass is 10.2. The van der Waals surface area contributed by atoms with Gasteiger partial charge in [-0.3, -0.25) is 4.98 Å². The molecule has 0 spiro atoms. The first-order valence-corrected chi connectivity index (χ1v) is 7.41. The molecule has 6 heteroatoms. The van der Waals surface area contributed by atoms with Crippen molar-refractivity contribution >= 4 is 28.4 Å². The molecule has 3 rings (SSSR count). The summed E-state index contributed by atoms with van der Waals surface area (Å²) in [5.41, 5.74) is 1.75. The molecule has 2 heterocycles. The third-order valence-electron chi connectivity index (χ3n) is 3.27. The molecule has 0 atom stereocenters. The molecule has 0 bridgehead atoms. The second-order valence-corrected chi connectivity index (χ2v) is 4.95. The predicted molar refractivity (Wildman–Crippen MR) is 88.3 cm³/mol. The third kappa shape index (κ3) is 3.28. The maximum atomic E-state index is 4.42. The number of anilines is 3. The molecule has 2 N–H and O–H groups in total. The number of hydrogen-bond donors (Lipinski definition) is 2. The summed E-state index contributed by atoms with van der Waals surface area (Å²) in [6, 6.07) is 9.89. The van der Waals surface area contributed by atoms with E-state index in [1.807, 2.05) is 30.3 Å². The standard InChI is InChI=1S/C16H18N6/c1-2-3-9-17-14-11-19-22-16(21-14)20-13-8-4-6-12-7-5-10-18-15(12)13/h4-8,10-11H,2-3,9H2,1H3,(H2,17,20,21,22). The minimum Gasteiger partial charge on any atom is -0.369 e. The number of unbranched alkanes of at least 4 members (excludes halogenated alkanes) is 1. The number of nitrogens with zero attached hydrogens (tertiary/aromatic N) is 4. The Balaban J connectivity index is 1.81. The zero-order chi connectivity index (χ0) is 15.2. The first-order valence-electron chi connectivity index (χ1n) is 7.41. The minimum atomic E-state index is 0.458. The maximum Gasteiger partial charge on any atom is 0.249 e. The normalized spacial score (nSPS) is 10.6. The van der Waals surface area contributed by atoms with Crippen LogP contribution in [0.2, 0.25) is 0 Å². The number of benzene rings is 1. The van der Waals surface area contributed by atoms with Gasteiger partial charge in [0.05, 0.1) is 17.4 Å². The molecule has 6 nitrogen and oxygen atoms in total. The zero-order valence-electron chi connectivity index (χ0n) is 12.5. The lowest BCUT2D eigenvalue weighted by molar-refractivity contribution is 0.827. The van der Waals surface area contributed by atoms with Gasteiger partial charge in [0.1, 0.15) is 0 Å². The predicted octanol–water partition coefficient (Wildman–Crippen LogP) is 3.38. The lowest BCUT2D eigenvalue weighted by Crippen LogP contribution is -2.06. The Labute approximate surface area is 129 Å². The van der Waals surface area contributed by atoms with E-state index in [9.17, 15) is 0 Å². The van der Waals surface area contributed by atoms with Gasteiger partial charge in [-0.2, -0.15) is 10.1 Å². The number of fused-ring (bicyclic) bond motifs is 1. The zero-order valence-corrected chi connectivity index (χ0v) is 12.5. The quantitative estimate of drug-likeness (QED) is 0.679. The maximum absolute atomic E-state index is 4.42. The van der Waals surface area contributed by atoms with E-state index < -0.39 is 0 Å².